The van der Waals surface area contributed by atoms with Crippen molar-refractivity contribution in [2.24, 2.45) is 11.3 Å². The highest BCUT2D eigenvalue weighted by molar-refractivity contribution is 5.95. The Morgan fingerprint density at radius 2 is 2.23 bits per heavy atom. The Hall–Kier alpha value is -1.91. The molecule has 1 aliphatic heterocycles. The largest absolute Gasteiger partial charge is 0.359 e. The molecule has 0 aromatic carbocycles. The Kier molecular flexibility index (Phi) is 3.89. The van der Waals surface area contributed by atoms with Crippen molar-refractivity contribution in [3.63, 3.8) is 0 Å². The minimum Gasteiger partial charge on any atom is -0.359 e. The van der Waals surface area contributed by atoms with Crippen LogP contribution in [0.4, 0.5) is 0 Å². The number of rotatable bonds is 2. The number of nitrogens with one attached hydrogen (secondary N) is 1. The number of nitrogens with zero attached hydrogens (tertiary/aromatic N) is 2. The van der Waals surface area contributed by atoms with E-state index in [9.17, 15) is 9.59 Å². The van der Waals surface area contributed by atoms with Gasteiger partial charge in [0, 0.05) is 43.9 Å². The van der Waals surface area contributed by atoms with Crippen LogP contribution in [0.5, 0.6) is 0 Å². The molecule has 1 saturated carbocycles. The first-order valence-electron chi connectivity index (χ1n) is 7.99. The van der Waals surface area contributed by atoms with Gasteiger partial charge in [-0.25, -0.2) is 0 Å². The van der Waals surface area contributed by atoms with E-state index in [1.54, 1.807) is 19.4 Å². The fourth-order valence-corrected chi connectivity index (χ4v) is 4.14. The van der Waals surface area contributed by atoms with Gasteiger partial charge in [-0.2, -0.15) is 0 Å². The van der Waals surface area contributed by atoms with Gasteiger partial charge in [-0.1, -0.05) is 6.42 Å². The van der Waals surface area contributed by atoms with E-state index in [1.807, 2.05) is 17.9 Å². The topological polar surface area (TPSA) is 62.3 Å². The Balaban J connectivity index is 1.79. The maximum Gasteiger partial charge on any atom is 0.255 e. The molecule has 0 unspecified atom stereocenters. The van der Waals surface area contributed by atoms with Crippen molar-refractivity contribution in [2.75, 3.05) is 20.1 Å². The summed E-state index contributed by atoms with van der Waals surface area (Å²) in [5.74, 6) is 0.222. The zero-order chi connectivity index (χ0) is 15.7. The molecule has 5 heteroatoms. The SMILES string of the molecule is CNC(=O)[C@H]1CCC[C@]12CCN(C(=O)c1cnccc1C)C2. The Morgan fingerprint density at radius 3 is 2.95 bits per heavy atom. The molecule has 1 aromatic rings. The van der Waals surface area contributed by atoms with Gasteiger partial charge in [-0.3, -0.25) is 14.6 Å². The lowest BCUT2D eigenvalue weighted by molar-refractivity contribution is -0.127. The molecular formula is C17H23N3O2. The van der Waals surface area contributed by atoms with Crippen molar-refractivity contribution >= 4 is 11.8 Å². The van der Waals surface area contributed by atoms with Gasteiger partial charge < -0.3 is 10.2 Å². The summed E-state index contributed by atoms with van der Waals surface area (Å²) < 4.78 is 0. The van der Waals surface area contributed by atoms with E-state index in [4.69, 9.17) is 0 Å². The second-order valence-electron chi connectivity index (χ2n) is 6.59. The number of aromatic nitrogens is 1. The van der Waals surface area contributed by atoms with Gasteiger partial charge >= 0.3 is 0 Å². The van der Waals surface area contributed by atoms with Crippen molar-refractivity contribution < 1.29 is 9.59 Å². The Labute approximate surface area is 131 Å². The maximum atomic E-state index is 12.7. The fraction of sp³-hybridized carbons (Fsp3) is 0.588. The van der Waals surface area contributed by atoms with E-state index < -0.39 is 0 Å². The lowest BCUT2D eigenvalue weighted by Crippen LogP contribution is -2.40. The van der Waals surface area contributed by atoms with Gasteiger partial charge in [-0.05, 0) is 37.8 Å². The first kappa shape index (κ1) is 15.0. The molecule has 2 aliphatic rings. The average molecular weight is 301 g/mol. The summed E-state index contributed by atoms with van der Waals surface area (Å²) >= 11 is 0. The van der Waals surface area contributed by atoms with Crippen LogP contribution in [0, 0.1) is 18.3 Å². The lowest BCUT2D eigenvalue weighted by atomic mass is 9.76. The summed E-state index contributed by atoms with van der Waals surface area (Å²) in [5, 5.41) is 2.79. The summed E-state index contributed by atoms with van der Waals surface area (Å²) in [6.45, 7) is 3.36. The number of amides is 2. The number of aryl methyl sites for hydroxylation is 1. The number of hydrogen-bond donors (Lipinski definition) is 1. The van der Waals surface area contributed by atoms with Crippen LogP contribution in [-0.2, 0) is 4.79 Å². The first-order chi connectivity index (χ1) is 10.6. The molecule has 1 aromatic heterocycles. The van der Waals surface area contributed by atoms with Gasteiger partial charge in [0.25, 0.3) is 5.91 Å². The highest BCUT2D eigenvalue weighted by Gasteiger charge is 2.51. The van der Waals surface area contributed by atoms with Crippen molar-refractivity contribution in [1.82, 2.24) is 15.2 Å². The first-order valence-corrected chi connectivity index (χ1v) is 7.99. The smallest absolute Gasteiger partial charge is 0.255 e. The van der Waals surface area contributed by atoms with Crippen LogP contribution in [0.2, 0.25) is 0 Å². The van der Waals surface area contributed by atoms with Crippen LogP contribution in [0.3, 0.4) is 0 Å². The van der Waals surface area contributed by atoms with E-state index in [2.05, 4.69) is 10.3 Å². The average Bonchev–Trinajstić information content (AvgIpc) is 3.14. The normalized spacial score (nSPS) is 27.4. The predicted octanol–water partition coefficient (Wildman–Crippen LogP) is 1.77. The molecule has 1 spiro atoms. The van der Waals surface area contributed by atoms with Crippen LogP contribution in [0.25, 0.3) is 0 Å². The molecule has 0 radical (unpaired) electrons. The molecule has 1 saturated heterocycles. The molecule has 3 rings (SSSR count). The van der Waals surface area contributed by atoms with Gasteiger partial charge in [0.2, 0.25) is 5.91 Å². The molecule has 118 valence electrons. The lowest BCUT2D eigenvalue weighted by Gasteiger charge is -2.30. The van der Waals surface area contributed by atoms with Crippen molar-refractivity contribution in [3.8, 4) is 0 Å². The molecule has 22 heavy (non-hydrogen) atoms. The highest BCUT2D eigenvalue weighted by atomic mass is 16.2. The van der Waals surface area contributed by atoms with Crippen LogP contribution in [-0.4, -0.2) is 41.8 Å². The zero-order valence-electron chi connectivity index (χ0n) is 13.3. The zero-order valence-corrected chi connectivity index (χ0v) is 13.3. The summed E-state index contributed by atoms with van der Waals surface area (Å²) in [5.41, 5.74) is 1.61. The molecule has 2 heterocycles. The summed E-state index contributed by atoms with van der Waals surface area (Å²) in [7, 11) is 1.70. The van der Waals surface area contributed by atoms with Crippen molar-refractivity contribution in [3.05, 3.63) is 29.6 Å². The molecule has 2 amide bonds. The van der Waals surface area contributed by atoms with E-state index in [0.29, 0.717) is 12.1 Å². The molecule has 1 N–H and O–H groups in total. The van der Waals surface area contributed by atoms with Crippen molar-refractivity contribution in [1.29, 1.82) is 0 Å². The van der Waals surface area contributed by atoms with Crippen LogP contribution in [0.15, 0.2) is 18.5 Å². The Bertz CT molecular complexity index is 601. The van der Waals surface area contributed by atoms with Crippen molar-refractivity contribution in [2.45, 2.75) is 32.6 Å². The third-order valence-corrected chi connectivity index (χ3v) is 5.41. The van der Waals surface area contributed by atoms with Gasteiger partial charge in [-0.15, -0.1) is 0 Å². The molecule has 2 fully saturated rings. The highest BCUT2D eigenvalue weighted by Crippen LogP contribution is 2.50. The summed E-state index contributed by atoms with van der Waals surface area (Å²) in [6, 6.07) is 1.86. The van der Waals surface area contributed by atoms with Crippen LogP contribution >= 0.6 is 0 Å². The Morgan fingerprint density at radius 1 is 1.41 bits per heavy atom. The molecule has 2 atom stereocenters. The molecule has 0 bridgehead atoms. The standard InChI is InChI=1S/C17H23N3O2/c1-12-5-8-19-10-13(12)16(22)20-9-7-17(11-20)6-3-4-14(17)15(21)18-2/h5,8,10,14H,3-4,6-7,9,11H2,1-2H3,(H,18,21)/t14-,17-/m1/s1. The van der Waals surface area contributed by atoms with E-state index in [1.165, 1.54) is 0 Å². The molecule has 5 nitrogen and oxygen atoms in total. The number of hydrogen-bond acceptors (Lipinski definition) is 3. The minimum absolute atomic E-state index is 0.0220. The van der Waals surface area contributed by atoms with Gasteiger partial charge in [0.05, 0.1) is 5.56 Å². The monoisotopic (exact) mass is 301 g/mol. The summed E-state index contributed by atoms with van der Waals surface area (Å²) in [6.07, 6.45) is 7.33. The predicted molar refractivity (Wildman–Crippen MR) is 83.3 cm³/mol. The fourth-order valence-electron chi connectivity index (χ4n) is 4.14. The number of pyridine rings is 1. The maximum absolute atomic E-state index is 12.7. The second-order valence-corrected chi connectivity index (χ2v) is 6.59. The number of carbonyl (C=O) groups excluding carboxylic acids is 2. The molecule has 1 aliphatic carbocycles. The van der Waals surface area contributed by atoms with E-state index >= 15 is 0 Å². The number of likely N-dealkylation sites (tertiary alicyclic amines) is 1. The second kappa shape index (κ2) is 5.71. The quantitative estimate of drug-likeness (QED) is 0.905. The third-order valence-electron chi connectivity index (χ3n) is 5.41. The van der Waals surface area contributed by atoms with Crippen LogP contribution in [0.1, 0.15) is 41.6 Å². The van der Waals surface area contributed by atoms with Gasteiger partial charge in [0.1, 0.15) is 0 Å². The minimum atomic E-state index is -0.0220. The third kappa shape index (κ3) is 2.38. The van der Waals surface area contributed by atoms with E-state index in [-0.39, 0.29) is 23.1 Å². The van der Waals surface area contributed by atoms with Gasteiger partial charge in [0.15, 0.2) is 0 Å². The van der Waals surface area contributed by atoms with Crippen LogP contribution < -0.4 is 5.32 Å². The summed E-state index contributed by atoms with van der Waals surface area (Å²) in [4.78, 5) is 30.9. The molecular weight excluding hydrogens is 278 g/mol. The van der Waals surface area contributed by atoms with E-state index in [0.717, 1.165) is 37.8 Å². The number of carbonyl (C=O) groups is 2.